The molecule has 2 rings (SSSR count). The number of nitrogens with zero attached hydrogens (tertiary/aromatic N) is 2. The molecule has 1 fully saturated rings. The second kappa shape index (κ2) is 10.9. The van der Waals surface area contributed by atoms with Crippen molar-refractivity contribution in [2.75, 3.05) is 26.2 Å². The van der Waals surface area contributed by atoms with Gasteiger partial charge in [-0.05, 0) is 49.6 Å². The van der Waals surface area contributed by atoms with E-state index in [0.29, 0.717) is 17.8 Å². The highest BCUT2D eigenvalue weighted by Crippen LogP contribution is 2.16. The largest absolute Gasteiger partial charge is 0.478 e. The summed E-state index contributed by atoms with van der Waals surface area (Å²) < 4.78 is 0. The van der Waals surface area contributed by atoms with Crippen LogP contribution in [0.5, 0.6) is 0 Å². The minimum atomic E-state index is -1.00. The Labute approximate surface area is 165 Å². The molecule has 1 amide bonds. The van der Waals surface area contributed by atoms with E-state index in [1.54, 1.807) is 18.2 Å². The SMILES string of the molecule is CC1CCN(C/C=C(\C=C/CNC(=O)c2cc(C#N)c[nH]2)/C=C/C(=O)O)CC1. The average molecular weight is 382 g/mol. The summed E-state index contributed by atoms with van der Waals surface area (Å²) in [5, 5.41) is 20.4. The molecule has 148 valence electrons. The Bertz CT molecular complexity index is 806. The van der Waals surface area contributed by atoms with E-state index < -0.39 is 5.97 Å². The molecule has 0 unspecified atom stereocenters. The molecule has 2 heterocycles. The molecule has 0 spiro atoms. The fourth-order valence-corrected chi connectivity index (χ4v) is 2.87. The van der Waals surface area contributed by atoms with Gasteiger partial charge < -0.3 is 15.4 Å². The number of allylic oxidation sites excluding steroid dienone is 3. The van der Waals surface area contributed by atoms with Crippen molar-refractivity contribution in [3.63, 3.8) is 0 Å². The number of carbonyl (C=O) groups excluding carboxylic acids is 1. The lowest BCUT2D eigenvalue weighted by atomic mass is 9.99. The first kappa shape index (κ1) is 21.2. The maximum Gasteiger partial charge on any atom is 0.328 e. The zero-order valence-corrected chi connectivity index (χ0v) is 16.0. The zero-order chi connectivity index (χ0) is 20.4. The monoisotopic (exact) mass is 382 g/mol. The third kappa shape index (κ3) is 7.25. The molecular formula is C21H26N4O3. The fourth-order valence-electron chi connectivity index (χ4n) is 2.87. The molecule has 1 aromatic heterocycles. The van der Waals surface area contributed by atoms with Gasteiger partial charge in [0.2, 0.25) is 0 Å². The third-order valence-electron chi connectivity index (χ3n) is 4.63. The number of nitriles is 1. The van der Waals surface area contributed by atoms with Crippen LogP contribution in [0.15, 0.2) is 48.2 Å². The van der Waals surface area contributed by atoms with Crippen molar-refractivity contribution < 1.29 is 14.7 Å². The fraction of sp³-hybridized carbons (Fsp3) is 0.381. The number of aromatic amines is 1. The Balaban J connectivity index is 1.89. The van der Waals surface area contributed by atoms with E-state index in [0.717, 1.165) is 37.2 Å². The molecule has 1 aromatic rings. The van der Waals surface area contributed by atoms with Crippen LogP contribution in [0, 0.1) is 17.2 Å². The first-order valence-electron chi connectivity index (χ1n) is 9.34. The van der Waals surface area contributed by atoms with Gasteiger partial charge in [0.1, 0.15) is 11.8 Å². The van der Waals surface area contributed by atoms with Crippen LogP contribution in [0.4, 0.5) is 0 Å². The van der Waals surface area contributed by atoms with Crippen LogP contribution < -0.4 is 5.32 Å². The number of hydrogen-bond donors (Lipinski definition) is 3. The van der Waals surface area contributed by atoms with E-state index in [-0.39, 0.29) is 5.91 Å². The van der Waals surface area contributed by atoms with Gasteiger partial charge in [-0.1, -0.05) is 25.2 Å². The van der Waals surface area contributed by atoms with E-state index in [1.807, 2.05) is 12.1 Å². The van der Waals surface area contributed by atoms with Crippen molar-refractivity contribution in [2.24, 2.45) is 5.92 Å². The molecule has 28 heavy (non-hydrogen) atoms. The molecule has 3 N–H and O–H groups in total. The van der Waals surface area contributed by atoms with E-state index in [1.165, 1.54) is 25.1 Å². The molecule has 0 radical (unpaired) electrons. The summed E-state index contributed by atoms with van der Waals surface area (Å²) in [5.41, 5.74) is 1.50. The number of rotatable bonds is 8. The Hall–Kier alpha value is -3.11. The van der Waals surface area contributed by atoms with Crippen LogP contribution in [0.2, 0.25) is 0 Å². The number of carbonyl (C=O) groups is 2. The summed E-state index contributed by atoms with van der Waals surface area (Å²) in [7, 11) is 0. The molecule has 0 aromatic carbocycles. The van der Waals surface area contributed by atoms with Crippen molar-refractivity contribution in [1.82, 2.24) is 15.2 Å². The first-order valence-corrected chi connectivity index (χ1v) is 9.34. The predicted molar refractivity (Wildman–Crippen MR) is 107 cm³/mol. The van der Waals surface area contributed by atoms with Gasteiger partial charge >= 0.3 is 5.97 Å². The van der Waals surface area contributed by atoms with Crippen molar-refractivity contribution in [3.8, 4) is 6.07 Å². The number of aliphatic carboxylic acids is 1. The normalized spacial score (nSPS) is 16.5. The summed E-state index contributed by atoms with van der Waals surface area (Å²) >= 11 is 0. The van der Waals surface area contributed by atoms with Crippen molar-refractivity contribution in [3.05, 3.63) is 59.5 Å². The lowest BCUT2D eigenvalue weighted by Crippen LogP contribution is -2.33. The van der Waals surface area contributed by atoms with Gasteiger partial charge in [-0.15, -0.1) is 0 Å². The molecule has 0 aliphatic carbocycles. The minimum Gasteiger partial charge on any atom is -0.478 e. The lowest BCUT2D eigenvalue weighted by molar-refractivity contribution is -0.131. The van der Waals surface area contributed by atoms with Crippen LogP contribution in [-0.2, 0) is 4.79 Å². The average Bonchev–Trinajstić information content (AvgIpc) is 3.17. The number of likely N-dealkylation sites (tertiary alicyclic amines) is 1. The van der Waals surface area contributed by atoms with Crippen LogP contribution in [0.3, 0.4) is 0 Å². The molecule has 7 nitrogen and oxygen atoms in total. The van der Waals surface area contributed by atoms with Gasteiger partial charge in [0.25, 0.3) is 5.91 Å². The van der Waals surface area contributed by atoms with Gasteiger partial charge in [-0.3, -0.25) is 9.69 Å². The number of piperidine rings is 1. The molecule has 1 aliphatic rings. The number of aromatic nitrogens is 1. The molecule has 0 atom stereocenters. The molecule has 0 bridgehead atoms. The van der Waals surface area contributed by atoms with E-state index in [4.69, 9.17) is 10.4 Å². The molecular weight excluding hydrogens is 356 g/mol. The number of H-pyrrole nitrogens is 1. The van der Waals surface area contributed by atoms with Gasteiger partial charge in [0, 0.05) is 25.4 Å². The number of amides is 1. The second-order valence-corrected chi connectivity index (χ2v) is 6.89. The van der Waals surface area contributed by atoms with Crippen LogP contribution in [-0.4, -0.2) is 53.0 Å². The Morgan fingerprint density at radius 3 is 2.75 bits per heavy atom. The van der Waals surface area contributed by atoms with Gasteiger partial charge in [-0.25, -0.2) is 4.79 Å². The maximum absolute atomic E-state index is 12.0. The maximum atomic E-state index is 12.0. The smallest absolute Gasteiger partial charge is 0.328 e. The van der Waals surface area contributed by atoms with Gasteiger partial charge in [0.05, 0.1) is 5.56 Å². The number of hydrogen-bond acceptors (Lipinski definition) is 4. The quantitative estimate of drug-likeness (QED) is 0.473. The van der Waals surface area contributed by atoms with Crippen LogP contribution >= 0.6 is 0 Å². The Morgan fingerprint density at radius 1 is 1.36 bits per heavy atom. The number of carboxylic acids is 1. The van der Waals surface area contributed by atoms with Gasteiger partial charge in [-0.2, -0.15) is 5.26 Å². The summed E-state index contributed by atoms with van der Waals surface area (Å²) in [5.74, 6) is -0.543. The van der Waals surface area contributed by atoms with Crippen molar-refractivity contribution in [2.45, 2.75) is 19.8 Å². The zero-order valence-electron chi connectivity index (χ0n) is 16.0. The summed E-state index contributed by atoms with van der Waals surface area (Å²) in [6.45, 7) is 5.42. The topological polar surface area (TPSA) is 109 Å². The van der Waals surface area contributed by atoms with E-state index in [9.17, 15) is 9.59 Å². The Morgan fingerprint density at radius 2 is 2.11 bits per heavy atom. The minimum absolute atomic E-state index is 0.291. The summed E-state index contributed by atoms with van der Waals surface area (Å²) in [6.07, 6.45) is 12.1. The van der Waals surface area contributed by atoms with Crippen molar-refractivity contribution in [1.29, 1.82) is 5.26 Å². The summed E-state index contributed by atoms with van der Waals surface area (Å²) in [4.78, 5) is 27.9. The third-order valence-corrected chi connectivity index (χ3v) is 4.63. The first-order chi connectivity index (χ1) is 13.5. The molecule has 1 aliphatic heterocycles. The lowest BCUT2D eigenvalue weighted by Gasteiger charge is -2.29. The molecule has 0 saturated carbocycles. The number of carboxylic acid groups (broad SMARTS) is 1. The number of nitrogens with one attached hydrogen (secondary N) is 2. The van der Waals surface area contributed by atoms with E-state index in [2.05, 4.69) is 22.1 Å². The predicted octanol–water partition coefficient (Wildman–Crippen LogP) is 2.47. The Kier molecular flexibility index (Phi) is 8.25. The molecule has 7 heteroatoms. The van der Waals surface area contributed by atoms with Gasteiger partial charge in [0.15, 0.2) is 0 Å². The van der Waals surface area contributed by atoms with E-state index >= 15 is 0 Å². The molecule has 1 saturated heterocycles. The summed E-state index contributed by atoms with van der Waals surface area (Å²) in [6, 6.07) is 3.44. The highest BCUT2D eigenvalue weighted by molar-refractivity contribution is 5.92. The van der Waals surface area contributed by atoms with Crippen molar-refractivity contribution >= 4 is 11.9 Å². The van der Waals surface area contributed by atoms with Crippen LogP contribution in [0.1, 0.15) is 35.8 Å². The second-order valence-electron chi connectivity index (χ2n) is 6.89. The van der Waals surface area contributed by atoms with Crippen LogP contribution in [0.25, 0.3) is 0 Å². The highest BCUT2D eigenvalue weighted by Gasteiger charge is 2.14. The highest BCUT2D eigenvalue weighted by atomic mass is 16.4. The standard InChI is InChI=1S/C21H26N4O3/c1-16-6-10-25(11-7-16)12-8-17(4-5-20(26)27)3-2-9-23-21(28)19-13-18(14-22)15-24-19/h2-5,8,13,15-16,24H,6-7,9-12H2,1H3,(H,23,28)(H,26,27)/b3-2-,5-4+,17-8+.